The normalized spacial score (nSPS) is 42.7. The standard InChI is InChI=1S/C11H17NO3S/c13-6-10-14-7-9(16-10)12-5-3-1-2-4-8-11(12)15-8/h3,5,8-11,13H,1-2,4,6-7H2. The molecule has 0 bridgehead atoms. The number of allylic oxidation sites excluding steroid dienone is 1. The number of hydrogen-bond donors (Lipinski definition) is 1. The van der Waals surface area contributed by atoms with Crippen molar-refractivity contribution in [3.8, 4) is 0 Å². The van der Waals surface area contributed by atoms with Crippen LogP contribution >= 0.6 is 11.8 Å². The SMILES string of the molecule is OCC1OCC(N2C=CCCCC3OC32)S1. The van der Waals surface area contributed by atoms with Gasteiger partial charge < -0.3 is 19.5 Å². The lowest BCUT2D eigenvalue weighted by Crippen LogP contribution is -2.33. The molecule has 0 aromatic rings. The van der Waals surface area contributed by atoms with Gasteiger partial charge in [-0.3, -0.25) is 0 Å². The highest BCUT2D eigenvalue weighted by Crippen LogP contribution is 2.39. The molecule has 4 unspecified atom stereocenters. The summed E-state index contributed by atoms with van der Waals surface area (Å²) in [5.41, 5.74) is -0.0685. The van der Waals surface area contributed by atoms with E-state index in [0.29, 0.717) is 18.1 Å². The summed E-state index contributed by atoms with van der Waals surface area (Å²) in [4.78, 5) is 2.25. The average Bonchev–Trinajstić information content (AvgIpc) is 2.85. The summed E-state index contributed by atoms with van der Waals surface area (Å²) in [6, 6.07) is 0. The first-order valence-corrected chi connectivity index (χ1v) is 6.80. The summed E-state index contributed by atoms with van der Waals surface area (Å²) >= 11 is 1.69. The third-order valence-electron chi connectivity index (χ3n) is 3.20. The van der Waals surface area contributed by atoms with E-state index in [1.54, 1.807) is 11.8 Å². The minimum atomic E-state index is -0.0685. The maximum absolute atomic E-state index is 9.05. The number of nitrogens with zero attached hydrogens (tertiary/aromatic N) is 1. The molecule has 3 aliphatic rings. The van der Waals surface area contributed by atoms with Crippen molar-refractivity contribution in [2.75, 3.05) is 13.2 Å². The molecule has 5 heteroatoms. The zero-order chi connectivity index (χ0) is 11.0. The summed E-state index contributed by atoms with van der Waals surface area (Å²) in [5.74, 6) is 0. The number of aliphatic hydroxyl groups excluding tert-OH is 1. The Balaban J connectivity index is 1.66. The summed E-state index contributed by atoms with van der Waals surface area (Å²) < 4.78 is 11.2. The molecule has 0 radical (unpaired) electrons. The fourth-order valence-corrected chi connectivity index (χ4v) is 3.36. The van der Waals surface area contributed by atoms with Gasteiger partial charge in [0.15, 0.2) is 6.23 Å². The zero-order valence-corrected chi connectivity index (χ0v) is 9.94. The van der Waals surface area contributed by atoms with Crippen LogP contribution in [0.4, 0.5) is 0 Å². The van der Waals surface area contributed by atoms with Crippen molar-refractivity contribution in [2.24, 2.45) is 0 Å². The molecule has 0 aromatic heterocycles. The minimum Gasteiger partial charge on any atom is -0.393 e. The van der Waals surface area contributed by atoms with Crippen LogP contribution in [0.1, 0.15) is 19.3 Å². The van der Waals surface area contributed by atoms with E-state index in [9.17, 15) is 0 Å². The van der Waals surface area contributed by atoms with Gasteiger partial charge in [0.05, 0.1) is 13.2 Å². The van der Waals surface area contributed by atoms with E-state index in [1.165, 1.54) is 6.42 Å². The van der Waals surface area contributed by atoms with Crippen molar-refractivity contribution in [1.29, 1.82) is 0 Å². The van der Waals surface area contributed by atoms with Crippen LogP contribution in [-0.4, -0.2) is 46.4 Å². The number of epoxide rings is 1. The largest absolute Gasteiger partial charge is 0.393 e. The molecule has 0 spiro atoms. The van der Waals surface area contributed by atoms with Crippen LogP contribution in [0.15, 0.2) is 12.3 Å². The van der Waals surface area contributed by atoms with E-state index >= 15 is 0 Å². The fourth-order valence-electron chi connectivity index (χ4n) is 2.28. The molecule has 4 atom stereocenters. The molecule has 3 heterocycles. The molecular weight excluding hydrogens is 226 g/mol. The van der Waals surface area contributed by atoms with E-state index in [0.717, 1.165) is 12.8 Å². The summed E-state index contributed by atoms with van der Waals surface area (Å²) in [6.07, 6.45) is 8.53. The number of rotatable bonds is 2. The first kappa shape index (κ1) is 10.9. The van der Waals surface area contributed by atoms with Crippen LogP contribution in [0.3, 0.4) is 0 Å². The van der Waals surface area contributed by atoms with E-state index in [1.807, 2.05) is 0 Å². The summed E-state index contributed by atoms with van der Waals surface area (Å²) in [7, 11) is 0. The molecule has 4 nitrogen and oxygen atoms in total. The van der Waals surface area contributed by atoms with Crippen LogP contribution in [0.2, 0.25) is 0 Å². The fraction of sp³-hybridized carbons (Fsp3) is 0.818. The molecule has 3 rings (SSSR count). The Kier molecular flexibility index (Phi) is 3.11. The smallest absolute Gasteiger partial charge is 0.157 e. The molecule has 16 heavy (non-hydrogen) atoms. The Morgan fingerprint density at radius 1 is 1.50 bits per heavy atom. The Labute approximate surface area is 99.6 Å². The highest BCUT2D eigenvalue weighted by molar-refractivity contribution is 8.00. The first-order valence-electron chi connectivity index (χ1n) is 5.86. The highest BCUT2D eigenvalue weighted by atomic mass is 32.2. The lowest BCUT2D eigenvalue weighted by atomic mass is 10.1. The Hall–Kier alpha value is -0.230. The second kappa shape index (κ2) is 4.56. The summed E-state index contributed by atoms with van der Waals surface area (Å²) in [6.45, 7) is 0.764. The maximum atomic E-state index is 9.05. The molecule has 0 aliphatic carbocycles. The predicted octanol–water partition coefficient (Wildman–Crippen LogP) is 1.12. The Bertz CT molecular complexity index is 286. The number of thioether (sulfide) groups is 1. The van der Waals surface area contributed by atoms with Gasteiger partial charge >= 0.3 is 0 Å². The molecule has 2 saturated heterocycles. The molecule has 3 aliphatic heterocycles. The van der Waals surface area contributed by atoms with E-state index in [-0.39, 0.29) is 18.3 Å². The number of ether oxygens (including phenoxy) is 2. The van der Waals surface area contributed by atoms with Gasteiger partial charge in [-0.05, 0) is 25.5 Å². The Morgan fingerprint density at radius 2 is 2.44 bits per heavy atom. The number of aliphatic hydroxyl groups is 1. The molecule has 0 saturated carbocycles. The highest BCUT2D eigenvalue weighted by Gasteiger charge is 2.46. The van der Waals surface area contributed by atoms with Crippen molar-refractivity contribution in [3.63, 3.8) is 0 Å². The third kappa shape index (κ3) is 2.09. The molecule has 1 N–H and O–H groups in total. The second-order valence-corrected chi connectivity index (χ2v) is 5.71. The van der Waals surface area contributed by atoms with Gasteiger partial charge in [-0.15, -0.1) is 11.8 Å². The van der Waals surface area contributed by atoms with Gasteiger partial charge in [0.2, 0.25) is 0 Å². The van der Waals surface area contributed by atoms with Gasteiger partial charge in [0.25, 0.3) is 0 Å². The van der Waals surface area contributed by atoms with Crippen molar-refractivity contribution >= 4 is 11.8 Å². The number of hydrogen-bond acceptors (Lipinski definition) is 5. The van der Waals surface area contributed by atoms with Gasteiger partial charge in [0, 0.05) is 0 Å². The lowest BCUT2D eigenvalue weighted by Gasteiger charge is -2.24. The molecule has 0 amide bonds. The number of fused-ring (bicyclic) bond motifs is 1. The van der Waals surface area contributed by atoms with Crippen LogP contribution in [0, 0.1) is 0 Å². The molecule has 2 fully saturated rings. The van der Waals surface area contributed by atoms with Crippen LogP contribution in [0.25, 0.3) is 0 Å². The van der Waals surface area contributed by atoms with Gasteiger partial charge in [-0.25, -0.2) is 0 Å². The molecule has 90 valence electrons. The lowest BCUT2D eigenvalue weighted by molar-refractivity contribution is 0.0680. The monoisotopic (exact) mass is 243 g/mol. The average molecular weight is 243 g/mol. The molecular formula is C11H17NO3S. The van der Waals surface area contributed by atoms with Crippen molar-refractivity contribution in [1.82, 2.24) is 4.90 Å². The second-order valence-electron chi connectivity index (χ2n) is 4.36. The van der Waals surface area contributed by atoms with Crippen molar-refractivity contribution in [3.05, 3.63) is 12.3 Å². The minimum absolute atomic E-state index is 0.0685. The van der Waals surface area contributed by atoms with Crippen molar-refractivity contribution in [2.45, 2.75) is 42.4 Å². The maximum Gasteiger partial charge on any atom is 0.157 e. The van der Waals surface area contributed by atoms with Gasteiger partial charge in [-0.1, -0.05) is 6.08 Å². The van der Waals surface area contributed by atoms with Crippen LogP contribution < -0.4 is 0 Å². The molecule has 0 aromatic carbocycles. The predicted molar refractivity (Wildman–Crippen MR) is 61.7 cm³/mol. The van der Waals surface area contributed by atoms with E-state index in [4.69, 9.17) is 14.6 Å². The van der Waals surface area contributed by atoms with E-state index < -0.39 is 0 Å². The zero-order valence-electron chi connectivity index (χ0n) is 9.12. The summed E-state index contributed by atoms with van der Waals surface area (Å²) in [5, 5.41) is 9.34. The quantitative estimate of drug-likeness (QED) is 0.736. The third-order valence-corrected chi connectivity index (χ3v) is 4.48. The van der Waals surface area contributed by atoms with Gasteiger partial charge in [-0.2, -0.15) is 0 Å². The Morgan fingerprint density at radius 3 is 3.25 bits per heavy atom. The van der Waals surface area contributed by atoms with Crippen molar-refractivity contribution < 1.29 is 14.6 Å². The van der Waals surface area contributed by atoms with Crippen LogP contribution in [0.5, 0.6) is 0 Å². The van der Waals surface area contributed by atoms with Gasteiger partial charge in [0.1, 0.15) is 16.9 Å². The first-order chi connectivity index (χ1) is 7.88. The van der Waals surface area contributed by atoms with Crippen LogP contribution in [-0.2, 0) is 9.47 Å². The van der Waals surface area contributed by atoms with E-state index in [2.05, 4.69) is 17.2 Å². The topological polar surface area (TPSA) is 45.2 Å².